The number of amides is 2. The zero-order valence-corrected chi connectivity index (χ0v) is 15.0. The highest BCUT2D eigenvalue weighted by Crippen LogP contribution is 2.40. The van der Waals surface area contributed by atoms with Crippen molar-refractivity contribution in [3.05, 3.63) is 58.7 Å². The number of aliphatic hydroxyl groups excluding tert-OH is 1. The summed E-state index contributed by atoms with van der Waals surface area (Å²) in [5.74, 6) is -0.509. The van der Waals surface area contributed by atoms with E-state index in [9.17, 15) is 14.7 Å². The Labute approximate surface area is 150 Å². The number of carbonyl (C=O) groups is 2. The number of hydrogen-bond donors (Lipinski definition) is 2. The van der Waals surface area contributed by atoms with Crippen molar-refractivity contribution in [2.75, 3.05) is 4.90 Å². The standard InChI is InChI=1S/C19H20N2O3S/c1-11-7-13(3-4-15(11)10-22)9-21-16-8-14(18(20)23)5-6-17(16)25-12(2)19(21)24/h3-8,12,22H,9-10H2,1-2H3,(H2,20,23). The monoisotopic (exact) mass is 356 g/mol. The fourth-order valence-corrected chi connectivity index (χ4v) is 3.99. The number of carbonyl (C=O) groups excluding carboxylic acids is 2. The summed E-state index contributed by atoms with van der Waals surface area (Å²) in [6.07, 6.45) is 0. The molecule has 1 unspecified atom stereocenters. The average molecular weight is 356 g/mol. The molecule has 1 atom stereocenters. The summed E-state index contributed by atoms with van der Waals surface area (Å²) in [5.41, 5.74) is 9.31. The molecule has 0 bridgehead atoms. The average Bonchev–Trinajstić information content (AvgIpc) is 2.58. The molecule has 3 rings (SSSR count). The Bertz CT molecular complexity index is 851. The van der Waals surface area contributed by atoms with Crippen LogP contribution in [0.2, 0.25) is 0 Å². The smallest absolute Gasteiger partial charge is 0.248 e. The topological polar surface area (TPSA) is 83.6 Å². The summed E-state index contributed by atoms with van der Waals surface area (Å²) in [4.78, 5) is 26.9. The van der Waals surface area contributed by atoms with Crippen molar-refractivity contribution < 1.29 is 14.7 Å². The fraction of sp³-hybridized carbons (Fsp3) is 0.263. The normalized spacial score (nSPS) is 16.7. The van der Waals surface area contributed by atoms with Gasteiger partial charge in [-0.2, -0.15) is 0 Å². The first-order chi connectivity index (χ1) is 11.9. The molecule has 0 saturated heterocycles. The van der Waals surface area contributed by atoms with Gasteiger partial charge in [-0.25, -0.2) is 0 Å². The van der Waals surface area contributed by atoms with Gasteiger partial charge >= 0.3 is 0 Å². The quantitative estimate of drug-likeness (QED) is 0.882. The van der Waals surface area contributed by atoms with Crippen LogP contribution in [-0.2, 0) is 17.9 Å². The molecule has 2 amide bonds. The van der Waals surface area contributed by atoms with E-state index >= 15 is 0 Å². The molecule has 0 aliphatic carbocycles. The van der Waals surface area contributed by atoms with Crippen LogP contribution < -0.4 is 10.6 Å². The Kier molecular flexibility index (Phi) is 4.83. The molecule has 0 spiro atoms. The third kappa shape index (κ3) is 3.41. The van der Waals surface area contributed by atoms with Crippen LogP contribution in [-0.4, -0.2) is 22.2 Å². The van der Waals surface area contributed by atoms with Crippen LogP contribution in [0.1, 0.15) is 34.0 Å². The van der Waals surface area contributed by atoms with Crippen LogP contribution >= 0.6 is 11.8 Å². The largest absolute Gasteiger partial charge is 0.392 e. The number of rotatable bonds is 4. The molecule has 25 heavy (non-hydrogen) atoms. The van der Waals surface area contributed by atoms with Gasteiger partial charge < -0.3 is 15.7 Å². The Morgan fingerprint density at radius 2 is 2.04 bits per heavy atom. The third-order valence-electron chi connectivity index (χ3n) is 4.37. The second-order valence-electron chi connectivity index (χ2n) is 6.15. The number of benzene rings is 2. The Hall–Kier alpha value is -2.31. The van der Waals surface area contributed by atoms with Crippen molar-refractivity contribution in [1.82, 2.24) is 0 Å². The molecule has 6 heteroatoms. The Morgan fingerprint density at radius 3 is 2.68 bits per heavy atom. The lowest BCUT2D eigenvalue weighted by Gasteiger charge is -2.33. The van der Waals surface area contributed by atoms with E-state index in [-0.39, 0.29) is 17.8 Å². The number of thioether (sulfide) groups is 1. The van der Waals surface area contributed by atoms with Gasteiger partial charge in [0.25, 0.3) is 0 Å². The van der Waals surface area contributed by atoms with Gasteiger partial charge in [-0.15, -0.1) is 11.8 Å². The SMILES string of the molecule is Cc1cc(CN2C(=O)C(C)Sc3ccc(C(N)=O)cc32)ccc1CO. The van der Waals surface area contributed by atoms with Crippen molar-refractivity contribution in [3.8, 4) is 0 Å². The third-order valence-corrected chi connectivity index (χ3v) is 5.52. The molecule has 5 nitrogen and oxygen atoms in total. The van der Waals surface area contributed by atoms with Gasteiger partial charge in [-0.1, -0.05) is 18.2 Å². The Balaban J connectivity index is 2.00. The zero-order valence-electron chi connectivity index (χ0n) is 14.2. The van der Waals surface area contributed by atoms with E-state index in [0.717, 1.165) is 21.6 Å². The molecule has 1 aliphatic heterocycles. The van der Waals surface area contributed by atoms with E-state index in [1.54, 1.807) is 17.0 Å². The van der Waals surface area contributed by atoms with Crippen LogP contribution in [0.4, 0.5) is 5.69 Å². The molecular weight excluding hydrogens is 336 g/mol. The first kappa shape index (κ1) is 17.5. The van der Waals surface area contributed by atoms with E-state index in [2.05, 4.69) is 0 Å². The number of hydrogen-bond acceptors (Lipinski definition) is 4. The van der Waals surface area contributed by atoms with Crippen LogP contribution in [0.5, 0.6) is 0 Å². The lowest BCUT2D eigenvalue weighted by molar-refractivity contribution is -0.118. The molecule has 130 valence electrons. The summed E-state index contributed by atoms with van der Waals surface area (Å²) >= 11 is 1.49. The molecule has 0 saturated carbocycles. The summed E-state index contributed by atoms with van der Waals surface area (Å²) in [6.45, 7) is 4.22. The molecule has 1 heterocycles. The molecule has 0 radical (unpaired) electrons. The molecule has 0 aromatic heterocycles. The molecule has 2 aromatic carbocycles. The van der Waals surface area contributed by atoms with E-state index in [0.29, 0.717) is 17.8 Å². The minimum Gasteiger partial charge on any atom is -0.392 e. The second-order valence-corrected chi connectivity index (χ2v) is 7.53. The van der Waals surface area contributed by atoms with Gasteiger partial charge in [0.1, 0.15) is 0 Å². The second kappa shape index (κ2) is 6.90. The molecular formula is C19H20N2O3S. The highest BCUT2D eigenvalue weighted by atomic mass is 32.2. The van der Waals surface area contributed by atoms with Crippen LogP contribution in [0.15, 0.2) is 41.3 Å². The lowest BCUT2D eigenvalue weighted by atomic mass is 10.0. The number of nitrogens with zero attached hydrogens (tertiary/aromatic N) is 1. The van der Waals surface area contributed by atoms with Crippen molar-refractivity contribution >= 4 is 29.3 Å². The van der Waals surface area contributed by atoms with Crippen molar-refractivity contribution in [1.29, 1.82) is 0 Å². The summed E-state index contributed by atoms with van der Waals surface area (Å²) in [6, 6.07) is 11.0. The zero-order chi connectivity index (χ0) is 18.1. The van der Waals surface area contributed by atoms with Crippen molar-refractivity contribution in [2.45, 2.75) is 37.1 Å². The number of aliphatic hydroxyl groups is 1. The van der Waals surface area contributed by atoms with Gasteiger partial charge in [-0.3, -0.25) is 9.59 Å². The number of anilines is 1. The fourth-order valence-electron chi connectivity index (χ4n) is 2.94. The van der Waals surface area contributed by atoms with Gasteiger partial charge in [0, 0.05) is 10.5 Å². The molecule has 3 N–H and O–H groups in total. The maximum absolute atomic E-state index is 12.7. The predicted octanol–water partition coefficient (Wildman–Crippen LogP) is 2.61. The van der Waals surface area contributed by atoms with Crippen LogP contribution in [0.3, 0.4) is 0 Å². The van der Waals surface area contributed by atoms with Crippen molar-refractivity contribution in [3.63, 3.8) is 0 Å². The van der Waals surface area contributed by atoms with E-state index in [4.69, 9.17) is 5.73 Å². The van der Waals surface area contributed by atoms with E-state index < -0.39 is 5.91 Å². The minimum atomic E-state index is -0.512. The van der Waals surface area contributed by atoms with Gasteiger partial charge in [0.05, 0.1) is 24.1 Å². The van der Waals surface area contributed by atoms with Gasteiger partial charge in [0.2, 0.25) is 11.8 Å². The van der Waals surface area contributed by atoms with E-state index in [1.807, 2.05) is 38.1 Å². The van der Waals surface area contributed by atoms with Crippen LogP contribution in [0.25, 0.3) is 0 Å². The number of nitrogens with two attached hydrogens (primary N) is 1. The lowest BCUT2D eigenvalue weighted by Crippen LogP contribution is -2.39. The van der Waals surface area contributed by atoms with Gasteiger partial charge in [0.15, 0.2) is 0 Å². The first-order valence-electron chi connectivity index (χ1n) is 8.02. The number of fused-ring (bicyclic) bond motifs is 1. The predicted molar refractivity (Wildman–Crippen MR) is 98.6 cm³/mol. The van der Waals surface area contributed by atoms with Crippen LogP contribution in [0, 0.1) is 6.92 Å². The maximum atomic E-state index is 12.7. The first-order valence-corrected chi connectivity index (χ1v) is 8.90. The highest BCUT2D eigenvalue weighted by molar-refractivity contribution is 8.00. The Morgan fingerprint density at radius 1 is 1.28 bits per heavy atom. The highest BCUT2D eigenvalue weighted by Gasteiger charge is 2.31. The number of aryl methyl sites for hydroxylation is 1. The summed E-state index contributed by atoms with van der Waals surface area (Å²) in [7, 11) is 0. The van der Waals surface area contributed by atoms with E-state index in [1.165, 1.54) is 11.8 Å². The molecule has 1 aliphatic rings. The van der Waals surface area contributed by atoms with Gasteiger partial charge in [-0.05, 0) is 48.7 Å². The summed E-state index contributed by atoms with van der Waals surface area (Å²) in [5, 5.41) is 9.12. The molecule has 2 aromatic rings. The van der Waals surface area contributed by atoms with Crippen molar-refractivity contribution in [2.24, 2.45) is 5.73 Å². The maximum Gasteiger partial charge on any atom is 0.248 e. The summed E-state index contributed by atoms with van der Waals surface area (Å²) < 4.78 is 0. The molecule has 0 fully saturated rings. The number of primary amides is 1. The minimum absolute atomic E-state index is 0.00279.